The summed E-state index contributed by atoms with van der Waals surface area (Å²) in [6.07, 6.45) is 2.43. The molecule has 1 aliphatic rings. The highest BCUT2D eigenvalue weighted by Gasteiger charge is 2.34. The molecule has 0 unspecified atom stereocenters. The van der Waals surface area contributed by atoms with Crippen molar-refractivity contribution in [2.75, 3.05) is 33.2 Å². The number of amides is 2. The number of likely N-dealkylation sites (N-methyl/N-ethyl adjacent to an activating group) is 1. The monoisotopic (exact) mass is 341 g/mol. The van der Waals surface area contributed by atoms with Gasteiger partial charge in [0, 0.05) is 39.4 Å². The SMILES string of the molecule is CNC(=O)[C@@H]1CN(C(=O)c2ccn[nH]2)CCN1CCc1ccccc1. The number of benzene rings is 1. The molecule has 2 heterocycles. The molecule has 0 radical (unpaired) electrons. The first kappa shape index (κ1) is 17.2. The molecule has 7 nitrogen and oxygen atoms in total. The van der Waals surface area contributed by atoms with Gasteiger partial charge in [0.1, 0.15) is 11.7 Å². The molecule has 0 spiro atoms. The van der Waals surface area contributed by atoms with Crippen LogP contribution in [0.3, 0.4) is 0 Å². The van der Waals surface area contributed by atoms with Crippen molar-refractivity contribution in [1.29, 1.82) is 0 Å². The number of hydrogen-bond acceptors (Lipinski definition) is 4. The summed E-state index contributed by atoms with van der Waals surface area (Å²) in [6.45, 7) is 2.44. The third-order valence-electron chi connectivity index (χ3n) is 4.59. The summed E-state index contributed by atoms with van der Waals surface area (Å²) in [5.41, 5.74) is 1.70. The molecule has 3 rings (SSSR count). The number of carbonyl (C=O) groups is 2. The molecule has 25 heavy (non-hydrogen) atoms. The Morgan fingerprint density at radius 3 is 2.72 bits per heavy atom. The number of aromatic nitrogens is 2. The number of rotatable bonds is 5. The molecule has 1 atom stereocenters. The summed E-state index contributed by atoms with van der Waals surface area (Å²) >= 11 is 0. The van der Waals surface area contributed by atoms with Crippen molar-refractivity contribution in [2.24, 2.45) is 0 Å². The maximum absolute atomic E-state index is 12.5. The maximum Gasteiger partial charge on any atom is 0.271 e. The Kier molecular flexibility index (Phi) is 5.45. The van der Waals surface area contributed by atoms with Crippen LogP contribution in [-0.2, 0) is 11.2 Å². The van der Waals surface area contributed by atoms with E-state index in [-0.39, 0.29) is 17.9 Å². The van der Waals surface area contributed by atoms with Crippen molar-refractivity contribution in [3.05, 3.63) is 53.9 Å². The summed E-state index contributed by atoms with van der Waals surface area (Å²) in [4.78, 5) is 28.7. The lowest BCUT2D eigenvalue weighted by atomic mass is 10.1. The largest absolute Gasteiger partial charge is 0.358 e. The molecule has 0 aliphatic carbocycles. The Labute approximate surface area is 147 Å². The third kappa shape index (κ3) is 4.06. The minimum absolute atomic E-state index is 0.0600. The van der Waals surface area contributed by atoms with E-state index >= 15 is 0 Å². The molecule has 1 aliphatic heterocycles. The zero-order valence-electron chi connectivity index (χ0n) is 14.3. The highest BCUT2D eigenvalue weighted by Crippen LogP contribution is 2.14. The van der Waals surface area contributed by atoms with Crippen molar-refractivity contribution >= 4 is 11.8 Å². The molecule has 0 bridgehead atoms. The predicted molar refractivity (Wildman–Crippen MR) is 94.1 cm³/mol. The summed E-state index contributed by atoms with van der Waals surface area (Å²) in [6, 6.07) is 11.5. The Bertz CT molecular complexity index is 702. The third-order valence-corrected chi connectivity index (χ3v) is 4.59. The van der Waals surface area contributed by atoms with E-state index in [0.717, 1.165) is 13.0 Å². The first-order valence-electron chi connectivity index (χ1n) is 8.47. The molecular weight excluding hydrogens is 318 g/mol. The van der Waals surface area contributed by atoms with Crippen LogP contribution in [0.15, 0.2) is 42.6 Å². The second-order valence-corrected chi connectivity index (χ2v) is 6.12. The molecule has 2 amide bonds. The normalized spacial score (nSPS) is 18.1. The lowest BCUT2D eigenvalue weighted by Crippen LogP contribution is -2.60. The number of nitrogens with one attached hydrogen (secondary N) is 2. The van der Waals surface area contributed by atoms with Crippen LogP contribution in [0, 0.1) is 0 Å². The second-order valence-electron chi connectivity index (χ2n) is 6.12. The standard InChI is InChI=1S/C18H23N5O2/c1-19-17(24)16-13-23(18(25)15-7-9-20-21-15)12-11-22(16)10-8-14-5-3-2-4-6-14/h2-7,9,16H,8,10-13H2,1H3,(H,19,24)(H,20,21)/t16-/m0/s1. The van der Waals surface area contributed by atoms with Crippen molar-refractivity contribution in [1.82, 2.24) is 25.3 Å². The van der Waals surface area contributed by atoms with Crippen LogP contribution >= 0.6 is 0 Å². The van der Waals surface area contributed by atoms with Crippen LogP contribution in [0.25, 0.3) is 0 Å². The fraction of sp³-hybridized carbons (Fsp3) is 0.389. The van der Waals surface area contributed by atoms with Gasteiger partial charge in [0.2, 0.25) is 5.91 Å². The Hall–Kier alpha value is -2.67. The van der Waals surface area contributed by atoms with Crippen LogP contribution in [0.5, 0.6) is 0 Å². The van der Waals surface area contributed by atoms with E-state index in [9.17, 15) is 9.59 Å². The van der Waals surface area contributed by atoms with Gasteiger partial charge in [0.05, 0.1) is 0 Å². The van der Waals surface area contributed by atoms with Gasteiger partial charge in [0.25, 0.3) is 5.91 Å². The van der Waals surface area contributed by atoms with Crippen LogP contribution in [0.4, 0.5) is 0 Å². The molecule has 1 fully saturated rings. The summed E-state index contributed by atoms with van der Waals surface area (Å²) < 4.78 is 0. The average molecular weight is 341 g/mol. The first-order valence-corrected chi connectivity index (χ1v) is 8.47. The quantitative estimate of drug-likeness (QED) is 0.831. The van der Waals surface area contributed by atoms with Crippen LogP contribution in [0.2, 0.25) is 0 Å². The van der Waals surface area contributed by atoms with Gasteiger partial charge in [-0.1, -0.05) is 30.3 Å². The summed E-state index contributed by atoms with van der Waals surface area (Å²) in [5, 5.41) is 9.24. The summed E-state index contributed by atoms with van der Waals surface area (Å²) in [5.74, 6) is -0.177. The van der Waals surface area contributed by atoms with E-state index in [1.807, 2.05) is 18.2 Å². The number of hydrogen-bond donors (Lipinski definition) is 2. The first-order chi connectivity index (χ1) is 12.2. The van der Waals surface area contributed by atoms with E-state index < -0.39 is 0 Å². The molecule has 132 valence electrons. The van der Waals surface area contributed by atoms with Gasteiger partial charge in [0.15, 0.2) is 0 Å². The molecule has 2 N–H and O–H groups in total. The van der Waals surface area contributed by atoms with E-state index in [0.29, 0.717) is 25.3 Å². The zero-order valence-corrected chi connectivity index (χ0v) is 14.3. The zero-order chi connectivity index (χ0) is 17.6. The van der Waals surface area contributed by atoms with E-state index in [1.54, 1.807) is 24.2 Å². The minimum atomic E-state index is -0.339. The van der Waals surface area contributed by atoms with E-state index in [2.05, 4.69) is 32.5 Å². The molecule has 2 aromatic rings. The van der Waals surface area contributed by atoms with E-state index in [1.165, 1.54) is 5.56 Å². The Morgan fingerprint density at radius 2 is 2.04 bits per heavy atom. The number of piperazine rings is 1. The van der Waals surface area contributed by atoms with Gasteiger partial charge in [-0.2, -0.15) is 5.10 Å². The van der Waals surface area contributed by atoms with Gasteiger partial charge in [-0.25, -0.2) is 0 Å². The number of nitrogens with zero attached hydrogens (tertiary/aromatic N) is 3. The van der Waals surface area contributed by atoms with Gasteiger partial charge in [-0.05, 0) is 18.1 Å². The fourth-order valence-corrected chi connectivity index (χ4v) is 3.15. The fourth-order valence-electron chi connectivity index (χ4n) is 3.15. The number of aromatic amines is 1. The molecule has 7 heteroatoms. The van der Waals surface area contributed by atoms with Gasteiger partial charge in [-0.15, -0.1) is 0 Å². The highest BCUT2D eigenvalue weighted by atomic mass is 16.2. The van der Waals surface area contributed by atoms with Gasteiger partial charge in [-0.3, -0.25) is 19.6 Å². The van der Waals surface area contributed by atoms with E-state index in [4.69, 9.17) is 0 Å². The van der Waals surface area contributed by atoms with Crippen LogP contribution in [0.1, 0.15) is 16.1 Å². The smallest absolute Gasteiger partial charge is 0.271 e. The topological polar surface area (TPSA) is 81.3 Å². The molecule has 1 aromatic heterocycles. The van der Waals surface area contributed by atoms with Gasteiger partial charge < -0.3 is 10.2 Å². The molecule has 1 saturated heterocycles. The Morgan fingerprint density at radius 1 is 1.24 bits per heavy atom. The number of carbonyl (C=O) groups excluding carboxylic acids is 2. The molecule has 0 saturated carbocycles. The van der Waals surface area contributed by atoms with Gasteiger partial charge >= 0.3 is 0 Å². The highest BCUT2D eigenvalue weighted by molar-refractivity contribution is 5.93. The predicted octanol–water partition coefficient (Wildman–Crippen LogP) is 0.525. The van der Waals surface area contributed by atoms with Crippen molar-refractivity contribution in [3.8, 4) is 0 Å². The Balaban J connectivity index is 1.66. The van der Waals surface area contributed by atoms with Crippen molar-refractivity contribution in [2.45, 2.75) is 12.5 Å². The number of H-pyrrole nitrogens is 1. The van der Waals surface area contributed by atoms with Crippen molar-refractivity contribution in [3.63, 3.8) is 0 Å². The molecule has 1 aromatic carbocycles. The van der Waals surface area contributed by atoms with Crippen LogP contribution < -0.4 is 5.32 Å². The van der Waals surface area contributed by atoms with Crippen molar-refractivity contribution < 1.29 is 9.59 Å². The second kappa shape index (κ2) is 7.94. The molecular formula is C18H23N5O2. The lowest BCUT2D eigenvalue weighted by molar-refractivity contribution is -0.127. The van der Waals surface area contributed by atoms with Crippen LogP contribution in [-0.4, -0.2) is 71.1 Å². The average Bonchev–Trinajstić information content (AvgIpc) is 3.20. The summed E-state index contributed by atoms with van der Waals surface area (Å²) in [7, 11) is 1.63. The minimum Gasteiger partial charge on any atom is -0.358 e. The maximum atomic E-state index is 12.5. The lowest BCUT2D eigenvalue weighted by Gasteiger charge is -2.40.